The average molecular weight is 451 g/mol. The minimum atomic E-state index is -1.49. The van der Waals surface area contributed by atoms with Gasteiger partial charge in [0, 0.05) is 27.7 Å². The van der Waals surface area contributed by atoms with Crippen molar-refractivity contribution in [2.45, 2.75) is 25.9 Å². The predicted molar refractivity (Wildman–Crippen MR) is 113 cm³/mol. The van der Waals surface area contributed by atoms with E-state index >= 15 is 0 Å². The monoisotopic (exact) mass is 450 g/mol. The van der Waals surface area contributed by atoms with Crippen molar-refractivity contribution in [1.82, 2.24) is 9.97 Å². The molecule has 2 N–H and O–H groups in total. The first-order valence-corrected chi connectivity index (χ1v) is 10.1. The van der Waals surface area contributed by atoms with Crippen LogP contribution in [0.2, 0.25) is 10.0 Å². The molecule has 2 aromatic heterocycles. The van der Waals surface area contributed by atoms with Gasteiger partial charge in [-0.25, -0.2) is 4.79 Å². The van der Waals surface area contributed by atoms with Gasteiger partial charge in [0.25, 0.3) is 0 Å². The number of aromatic amines is 1. The fourth-order valence-electron chi connectivity index (χ4n) is 3.30. The van der Waals surface area contributed by atoms with E-state index in [1.54, 1.807) is 38.1 Å². The number of hydrogen-bond donors (Lipinski definition) is 2. The smallest absolute Gasteiger partial charge is 0.355 e. The molecule has 0 amide bonds. The summed E-state index contributed by atoms with van der Waals surface area (Å²) >= 11 is 12.5. The molecule has 0 bridgehead atoms. The van der Waals surface area contributed by atoms with Gasteiger partial charge in [-0.1, -0.05) is 29.3 Å². The van der Waals surface area contributed by atoms with Crippen LogP contribution in [0.5, 0.6) is 0 Å². The van der Waals surface area contributed by atoms with Gasteiger partial charge in [-0.2, -0.15) is 0 Å². The van der Waals surface area contributed by atoms with Crippen LogP contribution in [0.25, 0.3) is 10.9 Å². The van der Waals surface area contributed by atoms with Gasteiger partial charge in [-0.15, -0.1) is 0 Å². The highest BCUT2D eigenvalue weighted by Crippen LogP contribution is 2.41. The SMILES string of the molecule is CCOC(=O)c1[nH]c2cc(Cl)cc(Cl)c2c1C(O)C(C(=O)OCC)c1ccccn1. The molecule has 0 fully saturated rings. The third-order valence-electron chi connectivity index (χ3n) is 4.49. The summed E-state index contributed by atoms with van der Waals surface area (Å²) in [5.74, 6) is -2.57. The molecule has 3 rings (SSSR count). The van der Waals surface area contributed by atoms with Crippen LogP contribution >= 0.6 is 23.2 Å². The third kappa shape index (κ3) is 4.28. The van der Waals surface area contributed by atoms with Crippen LogP contribution in [0, 0.1) is 0 Å². The molecule has 0 saturated heterocycles. The number of aliphatic hydroxyl groups is 1. The van der Waals surface area contributed by atoms with Crippen LogP contribution in [0.15, 0.2) is 36.5 Å². The van der Waals surface area contributed by atoms with E-state index in [9.17, 15) is 14.7 Å². The fraction of sp³-hybridized carbons (Fsp3) is 0.286. The lowest BCUT2D eigenvalue weighted by Crippen LogP contribution is -2.25. The van der Waals surface area contributed by atoms with E-state index in [4.69, 9.17) is 32.7 Å². The van der Waals surface area contributed by atoms with Crippen LogP contribution < -0.4 is 0 Å². The molecule has 0 aliphatic heterocycles. The van der Waals surface area contributed by atoms with Gasteiger partial charge in [0.2, 0.25) is 0 Å². The first-order chi connectivity index (χ1) is 14.4. The van der Waals surface area contributed by atoms with Crippen molar-refractivity contribution >= 4 is 46.0 Å². The number of carbonyl (C=O) groups is 2. The number of halogens is 2. The van der Waals surface area contributed by atoms with Gasteiger partial charge in [-0.3, -0.25) is 9.78 Å². The summed E-state index contributed by atoms with van der Waals surface area (Å²) in [6.07, 6.45) is 0.00785. The summed E-state index contributed by atoms with van der Waals surface area (Å²) in [6.45, 7) is 3.56. The van der Waals surface area contributed by atoms with Gasteiger partial charge in [0.05, 0.1) is 23.9 Å². The lowest BCUT2D eigenvalue weighted by Gasteiger charge is -2.22. The summed E-state index contributed by atoms with van der Waals surface area (Å²) in [5.41, 5.74) is 0.813. The maximum atomic E-state index is 12.8. The van der Waals surface area contributed by atoms with Crippen molar-refractivity contribution < 1.29 is 24.2 Å². The first-order valence-electron chi connectivity index (χ1n) is 9.32. The lowest BCUT2D eigenvalue weighted by atomic mass is 9.90. The predicted octanol–water partition coefficient (Wildman–Crippen LogP) is 4.43. The van der Waals surface area contributed by atoms with Crippen LogP contribution in [0.1, 0.15) is 47.6 Å². The van der Waals surface area contributed by atoms with Crippen molar-refractivity contribution in [1.29, 1.82) is 0 Å². The molecule has 3 aromatic rings. The Bertz CT molecular complexity index is 1070. The van der Waals surface area contributed by atoms with Crippen molar-refractivity contribution in [2.24, 2.45) is 0 Å². The Labute approximate surface area is 182 Å². The second-order valence-electron chi connectivity index (χ2n) is 6.37. The highest BCUT2D eigenvalue weighted by atomic mass is 35.5. The summed E-state index contributed by atoms with van der Waals surface area (Å²) in [5, 5.41) is 12.3. The van der Waals surface area contributed by atoms with Gasteiger partial charge in [0.1, 0.15) is 17.7 Å². The second-order valence-corrected chi connectivity index (χ2v) is 7.22. The maximum absolute atomic E-state index is 12.8. The van der Waals surface area contributed by atoms with Gasteiger partial charge < -0.3 is 19.6 Å². The van der Waals surface area contributed by atoms with E-state index in [1.165, 1.54) is 12.3 Å². The zero-order valence-corrected chi connectivity index (χ0v) is 17.8. The van der Waals surface area contributed by atoms with Crippen molar-refractivity contribution in [3.63, 3.8) is 0 Å². The Kier molecular flexibility index (Phi) is 6.97. The highest BCUT2D eigenvalue weighted by Gasteiger charge is 2.37. The number of hydrogen-bond acceptors (Lipinski definition) is 6. The summed E-state index contributed by atoms with van der Waals surface area (Å²) in [4.78, 5) is 32.5. The van der Waals surface area contributed by atoms with Crippen LogP contribution in [0.4, 0.5) is 0 Å². The average Bonchev–Trinajstić information content (AvgIpc) is 3.09. The van der Waals surface area contributed by atoms with E-state index < -0.39 is 24.0 Å². The molecule has 0 saturated carbocycles. The van der Waals surface area contributed by atoms with E-state index in [2.05, 4.69) is 9.97 Å². The number of pyridine rings is 1. The number of esters is 2. The molecule has 2 atom stereocenters. The zero-order valence-electron chi connectivity index (χ0n) is 16.3. The second kappa shape index (κ2) is 9.47. The van der Waals surface area contributed by atoms with Gasteiger partial charge >= 0.3 is 11.9 Å². The van der Waals surface area contributed by atoms with E-state index in [0.717, 1.165) is 0 Å². The summed E-state index contributed by atoms with van der Waals surface area (Å²) in [6, 6.07) is 8.04. The van der Waals surface area contributed by atoms with E-state index in [1.807, 2.05) is 0 Å². The molecular weight excluding hydrogens is 431 g/mol. The number of fused-ring (bicyclic) bond motifs is 1. The molecule has 0 aliphatic carbocycles. The van der Waals surface area contributed by atoms with Crippen molar-refractivity contribution in [3.05, 3.63) is 63.5 Å². The number of H-pyrrole nitrogens is 1. The Morgan fingerprint density at radius 3 is 2.53 bits per heavy atom. The number of aliphatic hydroxyl groups excluding tert-OH is 1. The van der Waals surface area contributed by atoms with Gasteiger partial charge in [0.15, 0.2) is 0 Å². The number of carbonyl (C=O) groups excluding carboxylic acids is 2. The summed E-state index contributed by atoms with van der Waals surface area (Å²) < 4.78 is 10.3. The van der Waals surface area contributed by atoms with Crippen LogP contribution in [-0.2, 0) is 14.3 Å². The molecule has 2 heterocycles. The quantitative estimate of drug-likeness (QED) is 0.516. The van der Waals surface area contributed by atoms with Crippen LogP contribution in [-0.4, -0.2) is 40.2 Å². The first kappa shape index (κ1) is 22.1. The topological polar surface area (TPSA) is 102 Å². The molecule has 0 spiro atoms. The number of aromatic nitrogens is 2. The number of nitrogens with zero attached hydrogens (tertiary/aromatic N) is 1. The molecule has 9 heteroatoms. The molecule has 0 radical (unpaired) electrons. The highest BCUT2D eigenvalue weighted by molar-refractivity contribution is 6.39. The van der Waals surface area contributed by atoms with Gasteiger partial charge in [-0.05, 0) is 38.1 Å². The molecular formula is C21H20Cl2N2O5. The zero-order chi connectivity index (χ0) is 21.8. The van der Waals surface area contributed by atoms with Crippen molar-refractivity contribution in [2.75, 3.05) is 13.2 Å². The summed E-state index contributed by atoms with van der Waals surface area (Å²) in [7, 11) is 0. The lowest BCUT2D eigenvalue weighted by molar-refractivity contribution is -0.148. The van der Waals surface area contributed by atoms with Crippen molar-refractivity contribution in [3.8, 4) is 0 Å². The molecule has 30 heavy (non-hydrogen) atoms. The molecule has 1 aromatic carbocycles. The largest absolute Gasteiger partial charge is 0.465 e. The molecule has 2 unspecified atom stereocenters. The number of benzene rings is 1. The Balaban J connectivity index is 2.24. The third-order valence-corrected chi connectivity index (χ3v) is 5.01. The fourth-order valence-corrected chi connectivity index (χ4v) is 3.90. The van der Waals surface area contributed by atoms with Crippen LogP contribution in [0.3, 0.4) is 0 Å². The maximum Gasteiger partial charge on any atom is 0.355 e. The minimum absolute atomic E-state index is 0.0197. The van der Waals surface area contributed by atoms with E-state index in [-0.39, 0.29) is 35.2 Å². The molecule has 7 nitrogen and oxygen atoms in total. The number of ether oxygens (including phenoxy) is 2. The number of rotatable bonds is 7. The number of nitrogens with one attached hydrogen (secondary N) is 1. The van der Waals surface area contributed by atoms with E-state index in [0.29, 0.717) is 15.9 Å². The standard InChI is InChI=1S/C21H20Cl2N2O5/c1-3-29-20(27)16(13-7-5-6-8-24-13)19(26)17-15-12(23)9-11(22)10-14(15)25-18(17)21(28)30-4-2/h5-10,16,19,25-26H,3-4H2,1-2H3. The Morgan fingerprint density at radius 1 is 1.17 bits per heavy atom. The Hall–Kier alpha value is -2.61. The molecule has 0 aliphatic rings. The molecule has 158 valence electrons. The normalized spacial score (nSPS) is 13.1. The minimum Gasteiger partial charge on any atom is -0.465 e. The Morgan fingerprint density at radius 2 is 1.90 bits per heavy atom.